The zero-order valence-electron chi connectivity index (χ0n) is 26.4. The highest BCUT2D eigenvalue weighted by Gasteiger charge is 2.35. The van der Waals surface area contributed by atoms with Gasteiger partial charge in [0.1, 0.15) is 19.9 Å². The van der Waals surface area contributed by atoms with Crippen LogP contribution in [0.2, 0.25) is 0 Å². The number of hydrogen-bond donors (Lipinski definition) is 0. The van der Waals surface area contributed by atoms with Crippen LogP contribution in [0, 0.1) is 23.3 Å². The molecule has 0 N–H and O–H groups in total. The summed E-state index contributed by atoms with van der Waals surface area (Å²) in [6.07, 6.45) is 0. The highest BCUT2D eigenvalue weighted by Crippen LogP contribution is 2.42. The van der Waals surface area contributed by atoms with Gasteiger partial charge < -0.3 is 8.74 Å². The predicted octanol–water partition coefficient (Wildman–Crippen LogP) is 9.86. The Labute approximate surface area is 294 Å². The summed E-state index contributed by atoms with van der Waals surface area (Å²) < 4.78 is 128. The van der Waals surface area contributed by atoms with Gasteiger partial charge in [0.05, 0.1) is 0 Å². The Hall–Kier alpha value is -5.82. The van der Waals surface area contributed by atoms with Gasteiger partial charge in [0.15, 0.2) is 11.6 Å². The van der Waals surface area contributed by atoms with E-state index in [1.807, 2.05) is 72.8 Å². The van der Waals surface area contributed by atoms with Gasteiger partial charge in [0, 0.05) is 11.1 Å². The summed E-state index contributed by atoms with van der Waals surface area (Å²) in [6, 6.07) is 37.6. The van der Waals surface area contributed by atoms with Crippen molar-refractivity contribution in [2.24, 2.45) is 0 Å². The molecule has 0 amide bonds. The number of hydrogen-bond acceptors (Lipinski definition) is 6. The van der Waals surface area contributed by atoms with Crippen molar-refractivity contribution in [1.82, 2.24) is 0 Å². The molecule has 0 aliphatic rings. The Morgan fingerprint density at radius 3 is 1.50 bits per heavy atom. The monoisotopic (exact) mass is 737 g/mol. The fourth-order valence-electron chi connectivity index (χ4n) is 6.65. The Balaban J connectivity index is 1.39. The van der Waals surface area contributed by atoms with E-state index in [-0.39, 0.29) is 11.1 Å². The van der Waals surface area contributed by atoms with E-state index in [2.05, 4.69) is 0 Å². The fourth-order valence-corrected chi connectivity index (χ4v) is 8.62. The van der Waals surface area contributed by atoms with Crippen molar-refractivity contribution >= 4 is 63.3 Å². The molecule has 0 fully saturated rings. The minimum atomic E-state index is -6.06. The van der Waals surface area contributed by atoms with E-state index in [4.69, 9.17) is 4.18 Å². The Morgan fingerprint density at radius 2 is 0.904 bits per heavy atom. The average molecular weight is 738 g/mol. The van der Waals surface area contributed by atoms with E-state index >= 15 is 8.78 Å². The topological polar surface area (TPSA) is 101 Å². The Bertz CT molecular complexity index is 3010. The maximum absolute atomic E-state index is 15.2. The molecule has 0 radical (unpaired) electrons. The lowest BCUT2D eigenvalue weighted by molar-refractivity contribution is 0.363. The smallest absolute Gasteiger partial charge is 0.340 e. The van der Waals surface area contributed by atoms with Crippen molar-refractivity contribution in [3.8, 4) is 28.0 Å². The van der Waals surface area contributed by atoms with Gasteiger partial charge in [0.25, 0.3) is 0 Å². The van der Waals surface area contributed by atoms with E-state index in [9.17, 15) is 30.2 Å². The van der Waals surface area contributed by atoms with E-state index in [1.54, 1.807) is 42.5 Å². The first-order valence-electron chi connectivity index (χ1n) is 15.6. The molecule has 0 unspecified atom stereocenters. The second-order valence-electron chi connectivity index (χ2n) is 12.0. The molecule has 0 bridgehead atoms. The third-order valence-corrected chi connectivity index (χ3v) is 11.2. The predicted molar refractivity (Wildman–Crippen MR) is 189 cm³/mol. The van der Waals surface area contributed by atoms with Crippen LogP contribution in [0.3, 0.4) is 0 Å². The molecule has 12 heteroatoms. The van der Waals surface area contributed by atoms with Gasteiger partial charge in [-0.1, -0.05) is 115 Å². The summed E-state index contributed by atoms with van der Waals surface area (Å²) >= 11 is 0. The van der Waals surface area contributed by atoms with E-state index in [0.29, 0.717) is 11.1 Å². The molecule has 0 aliphatic heterocycles. The second kappa shape index (κ2) is 12.2. The summed E-state index contributed by atoms with van der Waals surface area (Å²) in [6.45, 7) is 0. The summed E-state index contributed by atoms with van der Waals surface area (Å²) in [7, 11) is -11.5. The highest BCUT2D eigenvalue weighted by molar-refractivity contribution is 7.87. The van der Waals surface area contributed by atoms with E-state index < -0.39 is 59.0 Å². The van der Waals surface area contributed by atoms with Crippen LogP contribution in [0.15, 0.2) is 137 Å². The number of benzene rings is 8. The summed E-state index contributed by atoms with van der Waals surface area (Å²) in [5, 5.41) is 6.90. The van der Waals surface area contributed by atoms with Crippen LogP contribution in [0.4, 0.5) is 17.6 Å². The van der Waals surface area contributed by atoms with Crippen molar-refractivity contribution in [2.75, 3.05) is 0 Å². The highest BCUT2D eigenvalue weighted by atomic mass is 32.2. The summed E-state index contributed by atoms with van der Waals surface area (Å²) in [4.78, 5) is -3.05. The average Bonchev–Trinajstić information content (AvgIpc) is 3.14. The molecule has 258 valence electrons. The van der Waals surface area contributed by atoms with Gasteiger partial charge in [0.2, 0.25) is 17.4 Å². The van der Waals surface area contributed by atoms with Crippen LogP contribution in [-0.4, -0.2) is 21.4 Å². The quantitative estimate of drug-likeness (QED) is 0.0554. The lowest BCUT2D eigenvalue weighted by atomic mass is 9.93. The maximum atomic E-state index is 15.2. The SMILES string of the molecule is O=S(=O)([O-])c1c(F)c(F)c(OS(=O)(=O)c2c(-c3ccc4c(ccc5ccccc54)c3)cccc2-c2ccc3ccc4ccccc4c3c2)c(F)c1F. The molecule has 0 heterocycles. The lowest BCUT2D eigenvalue weighted by Gasteiger charge is -2.19. The minimum Gasteiger partial charge on any atom is -0.744 e. The van der Waals surface area contributed by atoms with Gasteiger partial charge >= 0.3 is 10.1 Å². The molecule has 8 aromatic carbocycles. The van der Waals surface area contributed by atoms with Gasteiger partial charge in [-0.3, -0.25) is 0 Å². The second-order valence-corrected chi connectivity index (χ2v) is 14.8. The van der Waals surface area contributed by atoms with E-state index in [0.717, 1.165) is 43.1 Å². The van der Waals surface area contributed by atoms with Crippen LogP contribution in [0.5, 0.6) is 5.75 Å². The van der Waals surface area contributed by atoms with Crippen molar-refractivity contribution < 1.29 is 43.1 Å². The maximum Gasteiger partial charge on any atom is 0.340 e. The first-order valence-corrected chi connectivity index (χ1v) is 18.4. The molecule has 52 heavy (non-hydrogen) atoms. The minimum absolute atomic E-state index is 0.0195. The molecule has 6 nitrogen and oxygen atoms in total. The van der Waals surface area contributed by atoms with Crippen molar-refractivity contribution in [1.29, 1.82) is 0 Å². The molecule has 0 saturated heterocycles. The zero-order valence-corrected chi connectivity index (χ0v) is 28.0. The third-order valence-electron chi connectivity index (χ3n) is 9.00. The molecule has 0 aliphatic carbocycles. The van der Waals surface area contributed by atoms with Crippen molar-refractivity contribution in [3.63, 3.8) is 0 Å². The normalized spacial score (nSPS) is 12.2. The summed E-state index contributed by atoms with van der Waals surface area (Å²) in [5.74, 6) is -12.4. The van der Waals surface area contributed by atoms with Gasteiger partial charge in [-0.2, -0.15) is 17.2 Å². The summed E-state index contributed by atoms with van der Waals surface area (Å²) in [5.41, 5.74) is 0.743. The van der Waals surface area contributed by atoms with Crippen LogP contribution < -0.4 is 4.18 Å². The first kappa shape index (κ1) is 33.3. The zero-order chi connectivity index (χ0) is 36.5. The number of halogens is 4. The van der Waals surface area contributed by atoms with Crippen molar-refractivity contribution in [2.45, 2.75) is 9.79 Å². The van der Waals surface area contributed by atoms with Gasteiger partial charge in [-0.05, 0) is 66.3 Å². The molecule has 0 spiro atoms. The molecule has 0 atom stereocenters. The molecule has 0 aromatic heterocycles. The number of rotatable bonds is 6. The fraction of sp³-hybridized carbons (Fsp3) is 0. The molecule has 8 aromatic rings. The lowest BCUT2D eigenvalue weighted by Crippen LogP contribution is -2.17. The van der Waals surface area contributed by atoms with Crippen LogP contribution >= 0.6 is 0 Å². The van der Waals surface area contributed by atoms with Gasteiger partial charge in [-0.25, -0.2) is 17.2 Å². The molecular formula is C40H21F4O6S2-. The standard InChI is InChI=1S/C40H22F4O6S2/c41-34-36(43)40(51(45,46)47)37(44)35(42)38(34)50-52(48,49)39-31(26-18-19-30-25(20-26)16-14-22-6-1-3-8-28(22)30)10-5-11-32(39)27-17-15-24-13-12-23-7-2-4-9-29(23)33(24)21-27/h1-21H,(H,45,46,47)/p-1. The molecule has 0 saturated carbocycles. The van der Waals surface area contributed by atoms with Crippen LogP contribution in [0.25, 0.3) is 65.3 Å². The number of fused-ring (bicyclic) bond motifs is 6. The third kappa shape index (κ3) is 5.43. The van der Waals surface area contributed by atoms with Crippen LogP contribution in [0.1, 0.15) is 0 Å². The Kier molecular flexibility index (Phi) is 7.79. The molecular weight excluding hydrogens is 717 g/mol. The first-order chi connectivity index (χ1) is 24.8. The largest absolute Gasteiger partial charge is 0.744 e. The van der Waals surface area contributed by atoms with Crippen LogP contribution in [-0.2, 0) is 20.2 Å². The van der Waals surface area contributed by atoms with Gasteiger partial charge in [-0.15, -0.1) is 0 Å². The van der Waals surface area contributed by atoms with Crippen molar-refractivity contribution in [3.05, 3.63) is 151 Å². The molecule has 8 rings (SSSR count). The van der Waals surface area contributed by atoms with E-state index in [1.165, 1.54) is 12.1 Å². The Morgan fingerprint density at radius 1 is 0.442 bits per heavy atom.